The van der Waals surface area contributed by atoms with Gasteiger partial charge >= 0.3 is 0 Å². The van der Waals surface area contributed by atoms with E-state index in [0.717, 1.165) is 12.1 Å². The van der Waals surface area contributed by atoms with Crippen LogP contribution in [0.2, 0.25) is 0 Å². The van der Waals surface area contributed by atoms with Crippen LogP contribution >= 0.6 is 11.3 Å². The maximum atomic E-state index is 12.1. The van der Waals surface area contributed by atoms with Crippen molar-refractivity contribution < 1.29 is 4.79 Å². The third kappa shape index (κ3) is 3.89. The van der Waals surface area contributed by atoms with E-state index in [-0.39, 0.29) is 5.91 Å². The fraction of sp³-hybridized carbons (Fsp3) is 0.375. The summed E-state index contributed by atoms with van der Waals surface area (Å²) in [5.41, 5.74) is 8.26. The molecule has 1 aliphatic carbocycles. The molecule has 1 aromatic carbocycles. The number of aromatic nitrogens is 1. The van der Waals surface area contributed by atoms with Crippen LogP contribution in [0.1, 0.15) is 36.4 Å². The van der Waals surface area contributed by atoms with Crippen LogP contribution < -0.4 is 11.1 Å². The molecular formula is C16H19N3OS. The number of nitrogens with two attached hydrogens (primary N) is 1. The lowest BCUT2D eigenvalue weighted by Crippen LogP contribution is -2.36. The van der Waals surface area contributed by atoms with Gasteiger partial charge in [-0.15, -0.1) is 11.3 Å². The highest BCUT2D eigenvalue weighted by Gasteiger charge is 2.26. The number of carbonyl (C=O) groups is 1. The van der Waals surface area contributed by atoms with Crippen molar-refractivity contribution in [2.75, 3.05) is 5.32 Å². The zero-order chi connectivity index (χ0) is 14.7. The number of carbonyl (C=O) groups excluding carboxylic acids is 1. The van der Waals surface area contributed by atoms with Crippen molar-refractivity contribution in [2.45, 2.75) is 37.6 Å². The van der Waals surface area contributed by atoms with Crippen LogP contribution in [0.4, 0.5) is 5.13 Å². The summed E-state index contributed by atoms with van der Waals surface area (Å²) in [6, 6.07) is 9.57. The van der Waals surface area contributed by atoms with Crippen LogP contribution in [0.3, 0.4) is 0 Å². The molecule has 0 unspecified atom stereocenters. The van der Waals surface area contributed by atoms with E-state index < -0.39 is 6.04 Å². The number of amides is 1. The number of nitrogens with one attached hydrogen (secondary N) is 1. The molecule has 5 heteroatoms. The first kappa shape index (κ1) is 14.2. The van der Waals surface area contributed by atoms with Crippen LogP contribution in [-0.2, 0) is 11.2 Å². The number of rotatable bonds is 6. The van der Waals surface area contributed by atoms with Gasteiger partial charge in [0.25, 0.3) is 0 Å². The largest absolute Gasteiger partial charge is 0.320 e. The normalized spacial score (nSPS) is 15.7. The van der Waals surface area contributed by atoms with E-state index >= 15 is 0 Å². The van der Waals surface area contributed by atoms with E-state index in [4.69, 9.17) is 5.73 Å². The zero-order valence-electron chi connectivity index (χ0n) is 11.8. The average molecular weight is 301 g/mol. The molecule has 1 saturated carbocycles. The molecule has 0 bridgehead atoms. The van der Waals surface area contributed by atoms with Gasteiger partial charge < -0.3 is 11.1 Å². The van der Waals surface area contributed by atoms with Crippen molar-refractivity contribution in [1.82, 2.24) is 4.98 Å². The third-order valence-electron chi connectivity index (χ3n) is 3.67. The van der Waals surface area contributed by atoms with Crippen LogP contribution in [-0.4, -0.2) is 16.9 Å². The number of aryl methyl sites for hydroxylation is 1. The Balaban J connectivity index is 1.49. The van der Waals surface area contributed by atoms with Gasteiger partial charge in [0.15, 0.2) is 5.13 Å². The highest BCUT2D eigenvalue weighted by atomic mass is 32.1. The van der Waals surface area contributed by atoms with Crippen LogP contribution in [0.25, 0.3) is 0 Å². The Morgan fingerprint density at radius 1 is 1.38 bits per heavy atom. The maximum Gasteiger partial charge on any atom is 0.243 e. The van der Waals surface area contributed by atoms with E-state index in [1.807, 2.05) is 35.7 Å². The van der Waals surface area contributed by atoms with Crippen molar-refractivity contribution in [3.8, 4) is 0 Å². The van der Waals surface area contributed by atoms with Gasteiger partial charge in [0.2, 0.25) is 5.91 Å². The standard InChI is InChI=1S/C16H19N3OS/c17-13(9-6-11-4-2-1-3-5-11)15(20)19-16-18-14(10-21-16)12-7-8-12/h1-5,10,12-13H,6-9,17H2,(H,18,19,20)/t13-/m0/s1. The first-order valence-corrected chi connectivity index (χ1v) is 8.16. The maximum absolute atomic E-state index is 12.1. The van der Waals surface area contributed by atoms with E-state index in [1.54, 1.807) is 0 Å². The smallest absolute Gasteiger partial charge is 0.243 e. The molecule has 0 saturated heterocycles. The van der Waals surface area contributed by atoms with Crippen molar-refractivity contribution in [3.63, 3.8) is 0 Å². The molecule has 3 N–H and O–H groups in total. The lowest BCUT2D eigenvalue weighted by molar-refractivity contribution is -0.117. The van der Waals surface area contributed by atoms with Crippen molar-refractivity contribution in [3.05, 3.63) is 47.0 Å². The summed E-state index contributed by atoms with van der Waals surface area (Å²) in [6.07, 6.45) is 3.87. The molecule has 0 aliphatic heterocycles. The summed E-state index contributed by atoms with van der Waals surface area (Å²) in [4.78, 5) is 16.5. The monoisotopic (exact) mass is 301 g/mol. The molecule has 0 radical (unpaired) electrons. The van der Waals surface area contributed by atoms with Crippen molar-refractivity contribution in [1.29, 1.82) is 0 Å². The Morgan fingerprint density at radius 3 is 2.86 bits per heavy atom. The number of anilines is 1. The van der Waals surface area contributed by atoms with Crippen molar-refractivity contribution in [2.24, 2.45) is 5.73 Å². The highest BCUT2D eigenvalue weighted by molar-refractivity contribution is 7.13. The van der Waals surface area contributed by atoms with Gasteiger partial charge in [-0.05, 0) is 31.2 Å². The SMILES string of the molecule is N[C@@H](CCc1ccccc1)C(=O)Nc1nc(C2CC2)cs1. The Kier molecular flexibility index (Phi) is 4.31. The summed E-state index contributed by atoms with van der Waals surface area (Å²) in [5, 5.41) is 5.52. The molecule has 1 fully saturated rings. The Morgan fingerprint density at radius 2 is 2.14 bits per heavy atom. The first-order chi connectivity index (χ1) is 10.2. The second-order valence-electron chi connectivity index (χ2n) is 5.47. The molecule has 4 nitrogen and oxygen atoms in total. The van der Waals surface area contributed by atoms with Crippen LogP contribution in [0.15, 0.2) is 35.7 Å². The minimum atomic E-state index is -0.501. The van der Waals surface area contributed by atoms with E-state index in [9.17, 15) is 4.79 Å². The van der Waals surface area contributed by atoms with Crippen LogP contribution in [0.5, 0.6) is 0 Å². The van der Waals surface area contributed by atoms with Gasteiger partial charge in [-0.2, -0.15) is 0 Å². The summed E-state index contributed by atoms with van der Waals surface area (Å²) in [5.74, 6) is 0.460. The number of hydrogen-bond acceptors (Lipinski definition) is 4. The predicted octanol–water partition coefficient (Wildman–Crippen LogP) is 2.92. The number of nitrogens with zero attached hydrogens (tertiary/aromatic N) is 1. The summed E-state index contributed by atoms with van der Waals surface area (Å²) in [6.45, 7) is 0. The molecule has 3 rings (SSSR count). The lowest BCUT2D eigenvalue weighted by atomic mass is 10.1. The quantitative estimate of drug-likeness (QED) is 0.862. The number of thiazole rings is 1. The molecule has 1 amide bonds. The number of benzene rings is 1. The third-order valence-corrected chi connectivity index (χ3v) is 4.45. The van der Waals surface area contributed by atoms with Gasteiger partial charge in [-0.1, -0.05) is 30.3 Å². The molecular weight excluding hydrogens is 282 g/mol. The van der Waals surface area contributed by atoms with Gasteiger partial charge in [0.1, 0.15) is 0 Å². The van der Waals surface area contributed by atoms with Gasteiger partial charge in [-0.3, -0.25) is 4.79 Å². The minimum Gasteiger partial charge on any atom is -0.320 e. The predicted molar refractivity (Wildman–Crippen MR) is 85.5 cm³/mol. The molecule has 110 valence electrons. The average Bonchev–Trinajstić information content (AvgIpc) is 3.26. The molecule has 1 aliphatic rings. The topological polar surface area (TPSA) is 68.0 Å². The molecule has 21 heavy (non-hydrogen) atoms. The minimum absolute atomic E-state index is 0.150. The fourth-order valence-corrected chi connectivity index (χ4v) is 3.00. The van der Waals surface area contributed by atoms with E-state index in [0.29, 0.717) is 17.5 Å². The highest BCUT2D eigenvalue weighted by Crippen LogP contribution is 2.40. The molecule has 2 aromatic rings. The summed E-state index contributed by atoms with van der Waals surface area (Å²) in [7, 11) is 0. The van der Waals surface area contributed by atoms with Gasteiger partial charge in [-0.25, -0.2) is 4.98 Å². The first-order valence-electron chi connectivity index (χ1n) is 7.28. The van der Waals surface area contributed by atoms with E-state index in [2.05, 4.69) is 10.3 Å². The van der Waals surface area contributed by atoms with Gasteiger partial charge in [0, 0.05) is 11.3 Å². The molecule has 1 heterocycles. The fourth-order valence-electron chi connectivity index (χ4n) is 2.21. The Bertz CT molecular complexity index is 607. The van der Waals surface area contributed by atoms with Crippen LogP contribution in [0, 0.1) is 0 Å². The Labute approximate surface area is 128 Å². The van der Waals surface area contributed by atoms with Crippen molar-refractivity contribution >= 4 is 22.4 Å². The molecule has 0 spiro atoms. The lowest BCUT2D eigenvalue weighted by Gasteiger charge is -2.10. The summed E-state index contributed by atoms with van der Waals surface area (Å²) >= 11 is 1.48. The second-order valence-corrected chi connectivity index (χ2v) is 6.33. The molecule has 1 atom stereocenters. The van der Waals surface area contributed by atoms with Gasteiger partial charge in [0.05, 0.1) is 11.7 Å². The summed E-state index contributed by atoms with van der Waals surface area (Å²) < 4.78 is 0. The number of hydrogen-bond donors (Lipinski definition) is 2. The second kappa shape index (κ2) is 6.37. The zero-order valence-corrected chi connectivity index (χ0v) is 12.6. The Hall–Kier alpha value is -1.72. The molecule has 1 aromatic heterocycles. The van der Waals surface area contributed by atoms with E-state index in [1.165, 1.54) is 29.7 Å².